The minimum absolute atomic E-state index is 0.314. The molecule has 0 saturated carbocycles. The molecular weight excluding hydrogens is 474 g/mol. The summed E-state index contributed by atoms with van der Waals surface area (Å²) in [5.41, 5.74) is 3.38. The number of hydrogen-bond donors (Lipinski definition) is 0. The van der Waals surface area contributed by atoms with Crippen LogP contribution in [0.15, 0.2) is 62.6 Å². The molecule has 5 rings (SSSR count). The SMILES string of the molecule is COc1ccc(-c2c3c(=O)n(C)c(=O)n(C)c3c3n2CCO[C@@H]3c2ccc(Br)cc2)cc1. The number of hydrogen-bond acceptors (Lipinski definition) is 4. The maximum atomic E-state index is 13.4. The molecule has 1 aliphatic rings. The van der Waals surface area contributed by atoms with E-state index in [2.05, 4.69) is 20.5 Å². The molecule has 0 spiro atoms. The Labute approximate surface area is 192 Å². The van der Waals surface area contributed by atoms with Crippen LogP contribution in [0.2, 0.25) is 0 Å². The van der Waals surface area contributed by atoms with E-state index in [1.54, 1.807) is 18.7 Å². The average Bonchev–Trinajstić information content (AvgIpc) is 3.17. The lowest BCUT2D eigenvalue weighted by molar-refractivity contribution is 0.0478. The molecule has 164 valence electrons. The van der Waals surface area contributed by atoms with Crippen LogP contribution in [0, 0.1) is 0 Å². The molecule has 0 N–H and O–H groups in total. The van der Waals surface area contributed by atoms with Gasteiger partial charge in [-0.2, -0.15) is 0 Å². The Bertz CT molecular complexity index is 1450. The summed E-state index contributed by atoms with van der Waals surface area (Å²) in [6.07, 6.45) is -0.399. The van der Waals surface area contributed by atoms with E-state index in [-0.39, 0.29) is 11.2 Å². The van der Waals surface area contributed by atoms with E-state index in [4.69, 9.17) is 9.47 Å². The maximum Gasteiger partial charge on any atom is 0.331 e. The summed E-state index contributed by atoms with van der Waals surface area (Å²) < 4.78 is 17.3. The van der Waals surface area contributed by atoms with Crippen molar-refractivity contribution >= 4 is 26.8 Å². The Kier molecular flexibility index (Phi) is 5.06. The van der Waals surface area contributed by atoms with Gasteiger partial charge in [0.25, 0.3) is 5.56 Å². The number of rotatable bonds is 3. The van der Waals surface area contributed by atoms with E-state index in [1.165, 1.54) is 7.05 Å². The van der Waals surface area contributed by atoms with Crippen LogP contribution >= 0.6 is 15.9 Å². The Balaban J connectivity index is 1.90. The molecule has 0 aliphatic carbocycles. The van der Waals surface area contributed by atoms with E-state index in [0.29, 0.717) is 24.1 Å². The molecule has 2 aromatic heterocycles. The smallest absolute Gasteiger partial charge is 0.331 e. The van der Waals surface area contributed by atoms with Crippen molar-refractivity contribution in [1.82, 2.24) is 13.7 Å². The molecule has 1 atom stereocenters. The number of benzene rings is 2. The number of halogens is 1. The second-order valence-electron chi connectivity index (χ2n) is 7.85. The highest BCUT2D eigenvalue weighted by molar-refractivity contribution is 9.10. The minimum Gasteiger partial charge on any atom is -0.497 e. The van der Waals surface area contributed by atoms with Crippen molar-refractivity contribution in [2.75, 3.05) is 13.7 Å². The molecule has 3 heterocycles. The second kappa shape index (κ2) is 7.79. The van der Waals surface area contributed by atoms with Crippen LogP contribution in [0.25, 0.3) is 22.2 Å². The van der Waals surface area contributed by atoms with Crippen molar-refractivity contribution < 1.29 is 9.47 Å². The molecule has 4 aromatic rings. The number of aromatic nitrogens is 3. The zero-order valence-corrected chi connectivity index (χ0v) is 19.5. The molecule has 8 heteroatoms. The van der Waals surface area contributed by atoms with E-state index >= 15 is 0 Å². The van der Waals surface area contributed by atoms with Crippen LogP contribution in [0.5, 0.6) is 5.75 Å². The molecule has 0 unspecified atom stereocenters. The van der Waals surface area contributed by atoms with Gasteiger partial charge in [-0.3, -0.25) is 13.9 Å². The third kappa shape index (κ3) is 3.05. The van der Waals surface area contributed by atoms with Crippen molar-refractivity contribution in [3.8, 4) is 17.0 Å². The first kappa shape index (κ1) is 20.8. The van der Waals surface area contributed by atoms with Gasteiger partial charge in [0.05, 0.1) is 36.0 Å². The van der Waals surface area contributed by atoms with Crippen molar-refractivity contribution in [3.05, 3.63) is 85.1 Å². The highest BCUT2D eigenvalue weighted by Crippen LogP contribution is 2.40. The largest absolute Gasteiger partial charge is 0.497 e. The molecule has 7 nitrogen and oxygen atoms in total. The number of methoxy groups -OCH3 is 1. The van der Waals surface area contributed by atoms with Gasteiger partial charge in [-0.05, 0) is 47.5 Å². The first-order valence-corrected chi connectivity index (χ1v) is 11.0. The second-order valence-corrected chi connectivity index (χ2v) is 8.76. The zero-order valence-electron chi connectivity index (χ0n) is 18.0. The van der Waals surface area contributed by atoms with Crippen LogP contribution < -0.4 is 16.0 Å². The van der Waals surface area contributed by atoms with Gasteiger partial charge < -0.3 is 14.0 Å². The van der Waals surface area contributed by atoms with Gasteiger partial charge in [0.1, 0.15) is 11.9 Å². The van der Waals surface area contributed by atoms with Crippen LogP contribution in [-0.2, 0) is 25.4 Å². The molecule has 2 aromatic carbocycles. The number of nitrogens with zero attached hydrogens (tertiary/aromatic N) is 3. The summed E-state index contributed by atoms with van der Waals surface area (Å²) >= 11 is 3.48. The molecule has 1 aliphatic heterocycles. The molecule has 0 bridgehead atoms. The third-order valence-electron chi connectivity index (χ3n) is 6.09. The summed E-state index contributed by atoms with van der Waals surface area (Å²) in [6.45, 7) is 1.07. The van der Waals surface area contributed by atoms with Gasteiger partial charge in [0.2, 0.25) is 0 Å². The molecule has 0 saturated heterocycles. The fourth-order valence-corrected chi connectivity index (χ4v) is 4.78. The predicted molar refractivity (Wildman–Crippen MR) is 126 cm³/mol. The first-order chi connectivity index (χ1) is 15.4. The third-order valence-corrected chi connectivity index (χ3v) is 6.62. The average molecular weight is 496 g/mol. The van der Waals surface area contributed by atoms with E-state index in [9.17, 15) is 9.59 Å². The summed E-state index contributed by atoms with van der Waals surface area (Å²) in [5, 5.41) is 0.516. The Morgan fingerprint density at radius 1 is 1.00 bits per heavy atom. The summed E-state index contributed by atoms with van der Waals surface area (Å²) in [4.78, 5) is 26.2. The number of fused-ring (bicyclic) bond motifs is 3. The van der Waals surface area contributed by atoms with E-state index in [1.807, 2.05) is 48.5 Å². The molecule has 0 fully saturated rings. The fraction of sp³-hybridized carbons (Fsp3) is 0.250. The Morgan fingerprint density at radius 3 is 2.34 bits per heavy atom. The summed E-state index contributed by atoms with van der Waals surface area (Å²) in [5.74, 6) is 0.736. The van der Waals surface area contributed by atoms with Crippen LogP contribution in [0.3, 0.4) is 0 Å². The predicted octanol–water partition coefficient (Wildman–Crippen LogP) is 3.60. The van der Waals surface area contributed by atoms with Crippen LogP contribution in [-0.4, -0.2) is 27.4 Å². The lowest BCUT2D eigenvalue weighted by atomic mass is 10.0. The van der Waals surface area contributed by atoms with Gasteiger partial charge in [0.15, 0.2) is 0 Å². The first-order valence-electron chi connectivity index (χ1n) is 10.3. The van der Waals surface area contributed by atoms with Gasteiger partial charge in [-0.15, -0.1) is 0 Å². The standard InChI is InChI=1S/C24H22BrN3O4/c1-26-20-18(23(29)27(2)24(26)30)19(14-6-10-17(31-3)11-7-14)28-12-13-32-22(21(20)28)15-4-8-16(25)9-5-15/h4-11,22H,12-13H2,1-3H3/t22-/m1/s1. The van der Waals surface area contributed by atoms with Gasteiger partial charge in [-0.25, -0.2) is 4.79 Å². The van der Waals surface area contributed by atoms with Gasteiger partial charge in [-0.1, -0.05) is 28.1 Å². The van der Waals surface area contributed by atoms with Crippen LogP contribution in [0.4, 0.5) is 0 Å². The van der Waals surface area contributed by atoms with Crippen molar-refractivity contribution in [3.63, 3.8) is 0 Å². The van der Waals surface area contributed by atoms with Gasteiger partial charge in [0, 0.05) is 25.1 Å². The highest BCUT2D eigenvalue weighted by Gasteiger charge is 2.33. The number of ether oxygens (including phenoxy) is 2. The van der Waals surface area contributed by atoms with Gasteiger partial charge >= 0.3 is 5.69 Å². The molecule has 0 radical (unpaired) electrons. The topological polar surface area (TPSA) is 67.4 Å². The Hall–Kier alpha value is -3.10. The summed E-state index contributed by atoms with van der Waals surface area (Å²) in [6, 6.07) is 15.5. The lowest BCUT2D eigenvalue weighted by Gasteiger charge is -2.27. The molecule has 32 heavy (non-hydrogen) atoms. The maximum absolute atomic E-state index is 13.4. The van der Waals surface area contributed by atoms with E-state index in [0.717, 1.165) is 37.3 Å². The van der Waals surface area contributed by atoms with Crippen molar-refractivity contribution in [1.29, 1.82) is 0 Å². The minimum atomic E-state index is -0.399. The zero-order chi connectivity index (χ0) is 22.6. The lowest BCUT2D eigenvalue weighted by Crippen LogP contribution is -2.37. The van der Waals surface area contributed by atoms with Crippen molar-refractivity contribution in [2.24, 2.45) is 14.1 Å². The van der Waals surface area contributed by atoms with Crippen molar-refractivity contribution in [2.45, 2.75) is 12.6 Å². The van der Waals surface area contributed by atoms with Crippen LogP contribution in [0.1, 0.15) is 17.4 Å². The monoisotopic (exact) mass is 495 g/mol. The van der Waals surface area contributed by atoms with E-state index < -0.39 is 6.10 Å². The highest BCUT2D eigenvalue weighted by atomic mass is 79.9. The quantitative estimate of drug-likeness (QED) is 0.435. The molecular formula is C24H22BrN3O4. The fourth-order valence-electron chi connectivity index (χ4n) is 4.52. The summed E-state index contributed by atoms with van der Waals surface area (Å²) in [7, 11) is 4.84. The Morgan fingerprint density at radius 2 is 1.69 bits per heavy atom. The normalized spacial score (nSPS) is 15.7. The molecule has 0 amide bonds. The number of aryl methyl sites for hydroxylation is 1.